The van der Waals surface area contributed by atoms with Crippen molar-refractivity contribution in [3.8, 4) is 21.8 Å². The maximum Gasteiger partial charge on any atom is 0.280 e. The summed E-state index contributed by atoms with van der Waals surface area (Å²) >= 11 is 1.60. The minimum Gasteiger partial charge on any atom is -0.464 e. The standard InChI is InChI=1S/C14H9NO3S/c16-15(17)12-6-5-10(14-4-2-8-19-14)9-11(12)13-3-1-7-18-13/h1-9H. The molecule has 19 heavy (non-hydrogen) atoms. The molecule has 0 radical (unpaired) electrons. The van der Waals surface area contributed by atoms with Gasteiger partial charge in [0.05, 0.1) is 16.7 Å². The normalized spacial score (nSPS) is 10.5. The summed E-state index contributed by atoms with van der Waals surface area (Å²) in [6.07, 6.45) is 1.51. The first-order valence-corrected chi connectivity index (χ1v) is 6.50. The van der Waals surface area contributed by atoms with Gasteiger partial charge in [-0.1, -0.05) is 6.07 Å². The van der Waals surface area contributed by atoms with Crippen LogP contribution in [0.25, 0.3) is 21.8 Å². The first-order valence-electron chi connectivity index (χ1n) is 5.62. The van der Waals surface area contributed by atoms with Crippen LogP contribution in [0, 0.1) is 10.1 Å². The molecule has 0 amide bonds. The van der Waals surface area contributed by atoms with Crippen LogP contribution in [0.1, 0.15) is 0 Å². The Labute approximate surface area is 113 Å². The van der Waals surface area contributed by atoms with Crippen molar-refractivity contribution >= 4 is 17.0 Å². The van der Waals surface area contributed by atoms with E-state index in [1.165, 1.54) is 12.3 Å². The minimum absolute atomic E-state index is 0.0512. The third-order valence-corrected chi connectivity index (χ3v) is 3.70. The number of hydrogen-bond acceptors (Lipinski definition) is 4. The summed E-state index contributed by atoms with van der Waals surface area (Å²) in [6, 6.07) is 12.5. The number of thiophene rings is 1. The Bertz CT molecular complexity index is 702. The zero-order chi connectivity index (χ0) is 13.2. The number of nitrogens with zero attached hydrogens (tertiary/aromatic N) is 1. The SMILES string of the molecule is O=[N+]([O-])c1ccc(-c2cccs2)cc1-c1ccco1. The van der Waals surface area contributed by atoms with Crippen molar-refractivity contribution in [1.82, 2.24) is 0 Å². The number of hydrogen-bond donors (Lipinski definition) is 0. The summed E-state index contributed by atoms with van der Waals surface area (Å²) in [5.41, 5.74) is 1.50. The monoisotopic (exact) mass is 271 g/mol. The van der Waals surface area contributed by atoms with Crippen molar-refractivity contribution < 1.29 is 9.34 Å². The van der Waals surface area contributed by atoms with E-state index in [1.807, 2.05) is 17.5 Å². The van der Waals surface area contributed by atoms with Gasteiger partial charge in [0.25, 0.3) is 5.69 Å². The highest BCUT2D eigenvalue weighted by atomic mass is 32.1. The molecule has 0 saturated heterocycles. The highest BCUT2D eigenvalue weighted by molar-refractivity contribution is 7.13. The van der Waals surface area contributed by atoms with E-state index in [1.54, 1.807) is 35.6 Å². The van der Waals surface area contributed by atoms with Gasteiger partial charge in [-0.3, -0.25) is 10.1 Å². The average Bonchev–Trinajstić information content (AvgIpc) is 3.11. The molecule has 0 aliphatic heterocycles. The summed E-state index contributed by atoms with van der Waals surface area (Å²) in [5.74, 6) is 0.505. The van der Waals surface area contributed by atoms with Crippen molar-refractivity contribution in [2.45, 2.75) is 0 Å². The molecular weight excluding hydrogens is 262 g/mol. The van der Waals surface area contributed by atoms with E-state index in [4.69, 9.17) is 4.42 Å². The lowest BCUT2D eigenvalue weighted by molar-refractivity contribution is -0.384. The van der Waals surface area contributed by atoms with Crippen molar-refractivity contribution in [3.63, 3.8) is 0 Å². The molecule has 0 spiro atoms. The van der Waals surface area contributed by atoms with Gasteiger partial charge in [-0.2, -0.15) is 0 Å². The highest BCUT2D eigenvalue weighted by Gasteiger charge is 2.18. The van der Waals surface area contributed by atoms with Crippen LogP contribution >= 0.6 is 11.3 Å². The van der Waals surface area contributed by atoms with Crippen LogP contribution in [-0.2, 0) is 0 Å². The van der Waals surface area contributed by atoms with E-state index in [9.17, 15) is 10.1 Å². The van der Waals surface area contributed by atoms with E-state index < -0.39 is 4.92 Å². The Balaban J connectivity index is 2.18. The quantitative estimate of drug-likeness (QED) is 0.517. The highest BCUT2D eigenvalue weighted by Crippen LogP contribution is 2.35. The van der Waals surface area contributed by atoms with Gasteiger partial charge in [-0.05, 0) is 41.3 Å². The van der Waals surface area contributed by atoms with Gasteiger partial charge in [-0.15, -0.1) is 11.3 Å². The molecule has 0 saturated carbocycles. The van der Waals surface area contributed by atoms with Crippen LogP contribution in [0.3, 0.4) is 0 Å². The van der Waals surface area contributed by atoms with E-state index in [2.05, 4.69) is 0 Å². The van der Waals surface area contributed by atoms with Crippen molar-refractivity contribution in [3.05, 3.63) is 64.2 Å². The van der Waals surface area contributed by atoms with Crippen molar-refractivity contribution in [2.75, 3.05) is 0 Å². The van der Waals surface area contributed by atoms with Crippen LogP contribution < -0.4 is 0 Å². The lowest BCUT2D eigenvalue weighted by Crippen LogP contribution is -1.91. The fraction of sp³-hybridized carbons (Fsp3) is 0. The van der Waals surface area contributed by atoms with Crippen molar-refractivity contribution in [1.29, 1.82) is 0 Å². The second-order valence-electron chi connectivity index (χ2n) is 3.94. The lowest BCUT2D eigenvalue weighted by Gasteiger charge is -2.03. The molecule has 2 heterocycles. The van der Waals surface area contributed by atoms with Gasteiger partial charge < -0.3 is 4.42 Å². The third kappa shape index (κ3) is 2.15. The molecule has 0 atom stereocenters. The van der Waals surface area contributed by atoms with Crippen LogP contribution in [0.4, 0.5) is 5.69 Å². The van der Waals surface area contributed by atoms with Gasteiger partial charge in [-0.25, -0.2) is 0 Å². The number of furan rings is 1. The molecule has 0 aliphatic rings. The molecule has 3 aromatic rings. The summed E-state index contributed by atoms with van der Waals surface area (Å²) in [6.45, 7) is 0. The second kappa shape index (κ2) is 4.70. The van der Waals surface area contributed by atoms with Gasteiger partial charge >= 0.3 is 0 Å². The smallest absolute Gasteiger partial charge is 0.280 e. The van der Waals surface area contributed by atoms with Crippen LogP contribution in [0.15, 0.2) is 58.5 Å². The maximum absolute atomic E-state index is 11.1. The van der Waals surface area contributed by atoms with E-state index in [-0.39, 0.29) is 5.69 Å². The predicted octanol–water partition coefficient (Wildman–Crippen LogP) is 4.58. The maximum atomic E-state index is 11.1. The zero-order valence-corrected chi connectivity index (χ0v) is 10.6. The molecule has 0 fully saturated rings. The molecule has 5 heteroatoms. The molecular formula is C14H9NO3S. The van der Waals surface area contributed by atoms with Gasteiger partial charge in [0.1, 0.15) is 5.76 Å². The zero-order valence-electron chi connectivity index (χ0n) is 9.78. The minimum atomic E-state index is -0.393. The number of benzene rings is 1. The molecule has 0 unspecified atom stereocenters. The number of nitro groups is 1. The first-order chi connectivity index (χ1) is 9.25. The van der Waals surface area contributed by atoms with Crippen LogP contribution in [0.5, 0.6) is 0 Å². The summed E-state index contributed by atoms with van der Waals surface area (Å²) < 4.78 is 5.28. The molecule has 94 valence electrons. The molecule has 0 N–H and O–H groups in total. The summed E-state index contributed by atoms with van der Waals surface area (Å²) in [7, 11) is 0. The third-order valence-electron chi connectivity index (χ3n) is 2.79. The molecule has 2 aromatic heterocycles. The van der Waals surface area contributed by atoms with Crippen molar-refractivity contribution in [2.24, 2.45) is 0 Å². The lowest BCUT2D eigenvalue weighted by atomic mass is 10.1. The molecule has 0 aliphatic carbocycles. The van der Waals surface area contributed by atoms with Crippen LogP contribution in [0.2, 0.25) is 0 Å². The molecule has 0 bridgehead atoms. The van der Waals surface area contributed by atoms with E-state index >= 15 is 0 Å². The van der Waals surface area contributed by atoms with Gasteiger partial charge in [0, 0.05) is 10.9 Å². The summed E-state index contributed by atoms with van der Waals surface area (Å²) in [5, 5.41) is 13.1. The Hall–Kier alpha value is -2.40. The fourth-order valence-corrected chi connectivity index (χ4v) is 2.64. The fourth-order valence-electron chi connectivity index (χ4n) is 1.92. The molecule has 3 rings (SSSR count). The van der Waals surface area contributed by atoms with E-state index in [0.29, 0.717) is 11.3 Å². The molecule has 4 nitrogen and oxygen atoms in total. The second-order valence-corrected chi connectivity index (χ2v) is 4.89. The molecule has 1 aromatic carbocycles. The summed E-state index contributed by atoms with van der Waals surface area (Å²) in [4.78, 5) is 11.8. The average molecular weight is 271 g/mol. The Morgan fingerprint density at radius 2 is 2.05 bits per heavy atom. The first kappa shape index (κ1) is 11.7. The Kier molecular flexibility index (Phi) is 2.89. The Morgan fingerprint density at radius 3 is 2.68 bits per heavy atom. The van der Waals surface area contributed by atoms with Gasteiger partial charge in [0.15, 0.2) is 0 Å². The topological polar surface area (TPSA) is 56.3 Å². The largest absolute Gasteiger partial charge is 0.464 e. The predicted molar refractivity (Wildman–Crippen MR) is 74.1 cm³/mol. The number of rotatable bonds is 3. The van der Waals surface area contributed by atoms with Gasteiger partial charge in [0.2, 0.25) is 0 Å². The number of nitro benzene ring substituents is 1. The Morgan fingerprint density at radius 1 is 1.16 bits per heavy atom. The van der Waals surface area contributed by atoms with E-state index in [0.717, 1.165) is 10.4 Å². The van der Waals surface area contributed by atoms with Crippen LogP contribution in [-0.4, -0.2) is 4.92 Å².